The van der Waals surface area contributed by atoms with Crippen molar-refractivity contribution in [1.82, 2.24) is 9.55 Å². The van der Waals surface area contributed by atoms with Crippen LogP contribution < -0.4 is 11.2 Å². The lowest BCUT2D eigenvalue weighted by Crippen LogP contribution is -2.31. The molecule has 1 heterocycles. The Morgan fingerprint density at radius 3 is 2.67 bits per heavy atom. The van der Waals surface area contributed by atoms with Crippen LogP contribution in [0.5, 0.6) is 0 Å². The van der Waals surface area contributed by atoms with Gasteiger partial charge < -0.3 is 5.11 Å². The number of aromatic nitrogens is 2. The second-order valence-electron chi connectivity index (χ2n) is 4.19. The molecule has 0 aliphatic heterocycles. The number of aliphatic hydroxyl groups excluding tert-OH is 1. The van der Waals surface area contributed by atoms with E-state index < -0.39 is 22.9 Å². The summed E-state index contributed by atoms with van der Waals surface area (Å²) in [5, 5.41) is 9.09. The Bertz CT molecular complexity index is 823. The molecule has 110 valence electrons. The first-order chi connectivity index (χ1) is 9.86. The molecule has 0 bridgehead atoms. The van der Waals surface area contributed by atoms with E-state index >= 15 is 0 Å². The number of aliphatic hydroxyl groups is 1. The second-order valence-corrected chi connectivity index (χ2v) is 5.00. The Hall–Kier alpha value is -2.22. The van der Waals surface area contributed by atoms with Crippen molar-refractivity contribution in [3.8, 4) is 0 Å². The minimum atomic E-state index is -1.02. The van der Waals surface area contributed by atoms with Crippen LogP contribution >= 0.6 is 15.9 Å². The van der Waals surface area contributed by atoms with E-state index in [-0.39, 0.29) is 16.8 Å². The number of hydrogen-bond acceptors (Lipinski definition) is 3. The van der Waals surface area contributed by atoms with E-state index in [4.69, 9.17) is 5.11 Å². The molecule has 2 rings (SSSR count). The Morgan fingerprint density at radius 1 is 1.33 bits per heavy atom. The van der Waals surface area contributed by atoms with Gasteiger partial charge in [-0.05, 0) is 33.6 Å². The molecule has 0 aliphatic rings. The normalized spacial score (nSPS) is 11.7. The van der Waals surface area contributed by atoms with Crippen molar-refractivity contribution in [2.75, 3.05) is 0 Å². The molecule has 0 aliphatic carbocycles. The highest BCUT2D eigenvalue weighted by atomic mass is 79.9. The second kappa shape index (κ2) is 6.04. The average molecular weight is 359 g/mol. The van der Waals surface area contributed by atoms with Gasteiger partial charge in [0.05, 0.1) is 12.1 Å². The van der Waals surface area contributed by atoms with Crippen LogP contribution in [0.1, 0.15) is 11.1 Å². The van der Waals surface area contributed by atoms with E-state index in [2.05, 4.69) is 20.9 Å². The molecule has 0 saturated carbocycles. The van der Waals surface area contributed by atoms with Crippen molar-refractivity contribution in [3.63, 3.8) is 0 Å². The van der Waals surface area contributed by atoms with Gasteiger partial charge in [-0.2, -0.15) is 0 Å². The molecule has 0 spiro atoms. The summed E-state index contributed by atoms with van der Waals surface area (Å²) in [6.45, 7) is -0.0588. The number of H-pyrrole nitrogens is 1. The van der Waals surface area contributed by atoms with Gasteiger partial charge in [0.25, 0.3) is 5.56 Å². The first-order valence-electron chi connectivity index (χ1n) is 5.70. The highest BCUT2D eigenvalue weighted by Gasteiger charge is 2.07. The van der Waals surface area contributed by atoms with Crippen molar-refractivity contribution in [1.29, 1.82) is 0 Å². The molecule has 5 nitrogen and oxygen atoms in total. The van der Waals surface area contributed by atoms with Crippen LogP contribution in [0.25, 0.3) is 6.08 Å². The monoisotopic (exact) mass is 358 g/mol. The highest BCUT2D eigenvalue weighted by molar-refractivity contribution is 9.11. The predicted molar refractivity (Wildman–Crippen MR) is 76.3 cm³/mol. The molecular weight excluding hydrogens is 350 g/mol. The number of hydrogen-bond donors (Lipinski definition) is 2. The standard InChI is InChI=1S/C13H9BrF2N2O3/c14-11(19)4-8-6-18(13(21)17-12(8)20)5-7-1-2-9(15)10(16)3-7/h1-4,6,19H,5H2,(H,17,20,21)/b11-4+. The molecule has 0 amide bonds. The molecule has 0 radical (unpaired) electrons. The fourth-order valence-electron chi connectivity index (χ4n) is 1.71. The fraction of sp³-hybridized carbons (Fsp3) is 0.0769. The zero-order chi connectivity index (χ0) is 15.6. The van der Waals surface area contributed by atoms with Crippen LogP contribution in [-0.4, -0.2) is 14.7 Å². The van der Waals surface area contributed by atoms with Gasteiger partial charge in [-0.3, -0.25) is 14.3 Å². The van der Waals surface area contributed by atoms with Crippen LogP contribution in [0.4, 0.5) is 8.78 Å². The summed E-state index contributed by atoms with van der Waals surface area (Å²) in [4.78, 5) is 25.3. The zero-order valence-corrected chi connectivity index (χ0v) is 12.0. The van der Waals surface area contributed by atoms with Crippen molar-refractivity contribution in [2.24, 2.45) is 0 Å². The number of nitrogens with one attached hydrogen (secondary N) is 1. The van der Waals surface area contributed by atoms with Crippen molar-refractivity contribution in [2.45, 2.75) is 6.54 Å². The largest absolute Gasteiger partial charge is 0.502 e. The minimum Gasteiger partial charge on any atom is -0.502 e. The smallest absolute Gasteiger partial charge is 0.328 e. The number of benzene rings is 1. The summed E-state index contributed by atoms with van der Waals surface area (Å²) in [7, 11) is 0. The third-order valence-corrected chi connectivity index (χ3v) is 2.88. The first-order valence-corrected chi connectivity index (χ1v) is 6.50. The van der Waals surface area contributed by atoms with Gasteiger partial charge in [-0.1, -0.05) is 6.07 Å². The molecule has 0 unspecified atom stereocenters. The third-order valence-electron chi connectivity index (χ3n) is 2.65. The molecule has 1 aromatic heterocycles. The zero-order valence-electron chi connectivity index (χ0n) is 10.4. The van der Waals surface area contributed by atoms with Crippen LogP contribution in [0, 0.1) is 11.6 Å². The van der Waals surface area contributed by atoms with Gasteiger partial charge in [0, 0.05) is 12.3 Å². The van der Waals surface area contributed by atoms with Gasteiger partial charge in [-0.15, -0.1) is 0 Å². The van der Waals surface area contributed by atoms with Crippen LogP contribution in [-0.2, 0) is 6.54 Å². The van der Waals surface area contributed by atoms with Gasteiger partial charge in [0.2, 0.25) is 0 Å². The van der Waals surface area contributed by atoms with E-state index in [1.807, 2.05) is 0 Å². The Balaban J connectivity index is 2.44. The lowest BCUT2D eigenvalue weighted by Gasteiger charge is -2.06. The van der Waals surface area contributed by atoms with E-state index in [1.165, 1.54) is 12.3 Å². The van der Waals surface area contributed by atoms with Crippen LogP contribution in [0.15, 0.2) is 38.7 Å². The molecule has 0 fully saturated rings. The third kappa shape index (κ3) is 3.66. The highest BCUT2D eigenvalue weighted by Crippen LogP contribution is 2.10. The molecule has 2 aromatic rings. The maximum atomic E-state index is 13.1. The van der Waals surface area contributed by atoms with Gasteiger partial charge in [0.15, 0.2) is 16.3 Å². The lowest BCUT2D eigenvalue weighted by molar-refractivity contribution is 0.465. The summed E-state index contributed by atoms with van der Waals surface area (Å²) in [5.41, 5.74) is -0.990. The van der Waals surface area contributed by atoms with Gasteiger partial charge in [-0.25, -0.2) is 13.6 Å². The van der Waals surface area contributed by atoms with Crippen molar-refractivity contribution < 1.29 is 13.9 Å². The maximum absolute atomic E-state index is 13.1. The summed E-state index contributed by atoms with van der Waals surface area (Å²) in [6, 6.07) is 3.24. The molecule has 21 heavy (non-hydrogen) atoms. The SMILES string of the molecule is O=c1[nH]c(=O)n(Cc2ccc(F)c(F)c2)cc1/C=C(/O)Br. The number of nitrogens with zero attached hydrogens (tertiary/aromatic N) is 1. The summed E-state index contributed by atoms with van der Waals surface area (Å²) in [6.07, 6.45) is 2.32. The average Bonchev–Trinajstić information content (AvgIpc) is 2.39. The fourth-order valence-corrected chi connectivity index (χ4v) is 1.96. The van der Waals surface area contributed by atoms with Crippen molar-refractivity contribution in [3.05, 3.63) is 72.7 Å². The molecule has 1 aromatic carbocycles. The summed E-state index contributed by atoms with van der Waals surface area (Å²) >= 11 is 2.76. The maximum Gasteiger partial charge on any atom is 0.328 e. The Labute approximate surface area is 125 Å². The first kappa shape index (κ1) is 15.2. The van der Waals surface area contributed by atoms with E-state index in [1.54, 1.807) is 0 Å². The molecule has 0 atom stereocenters. The lowest BCUT2D eigenvalue weighted by atomic mass is 10.2. The van der Waals surface area contributed by atoms with Crippen molar-refractivity contribution >= 4 is 22.0 Å². The Morgan fingerprint density at radius 2 is 2.05 bits per heavy atom. The minimum absolute atomic E-state index is 0.0339. The quantitative estimate of drug-likeness (QED) is 0.825. The molecule has 8 heteroatoms. The van der Waals surface area contributed by atoms with E-state index in [0.29, 0.717) is 5.56 Å². The predicted octanol–water partition coefficient (Wildman–Crippen LogP) is 2.11. The molecular formula is C13H9BrF2N2O3. The topological polar surface area (TPSA) is 75.1 Å². The van der Waals surface area contributed by atoms with Crippen LogP contribution in [0.2, 0.25) is 0 Å². The summed E-state index contributed by atoms with van der Waals surface area (Å²) < 4.78 is 26.8. The van der Waals surface area contributed by atoms with E-state index in [0.717, 1.165) is 22.8 Å². The number of rotatable bonds is 3. The molecule has 2 N–H and O–H groups in total. The van der Waals surface area contributed by atoms with Crippen LogP contribution in [0.3, 0.4) is 0 Å². The van der Waals surface area contributed by atoms with E-state index in [9.17, 15) is 18.4 Å². The van der Waals surface area contributed by atoms with Gasteiger partial charge >= 0.3 is 5.69 Å². The number of aromatic amines is 1. The Kier molecular flexibility index (Phi) is 4.37. The number of halogens is 3. The summed E-state index contributed by atoms with van der Waals surface area (Å²) in [5.74, 6) is -2.01. The molecule has 0 saturated heterocycles. The van der Waals surface area contributed by atoms with Gasteiger partial charge in [0.1, 0.15) is 0 Å².